The average Bonchev–Trinajstić information content (AvgIpc) is 1.99. The summed E-state index contributed by atoms with van der Waals surface area (Å²) in [5.41, 5.74) is -0.372. The summed E-state index contributed by atoms with van der Waals surface area (Å²) >= 11 is 5.64. The molecule has 0 fully saturated rings. The maximum absolute atomic E-state index is 10.7. The van der Waals surface area contributed by atoms with Crippen molar-refractivity contribution in [3.8, 4) is 0 Å². The summed E-state index contributed by atoms with van der Waals surface area (Å²) in [5.74, 6) is 0. The van der Waals surface area contributed by atoms with Crippen LogP contribution in [0.3, 0.4) is 0 Å². The lowest BCUT2D eigenvalue weighted by Gasteiger charge is -2.03. The van der Waals surface area contributed by atoms with Gasteiger partial charge in [0.25, 0.3) is 11.4 Å². The van der Waals surface area contributed by atoms with Gasteiger partial charge in [0, 0.05) is 5.56 Å². The second kappa shape index (κ2) is 3.82. The molecule has 0 aliphatic carbocycles. The Kier molecular flexibility index (Phi) is 2.90. The van der Waals surface area contributed by atoms with E-state index < -0.39 is 15.5 Å². The number of hydrogen-bond acceptors (Lipinski definition) is 4. The molecule has 0 aromatic heterocycles. The van der Waals surface area contributed by atoms with E-state index in [-0.39, 0.29) is 16.3 Å². The summed E-state index contributed by atoms with van der Waals surface area (Å²) < 4.78 is 0. The normalized spacial score (nSPS) is 10.1. The third-order valence-electron chi connectivity index (χ3n) is 2.02. The molecule has 0 bridgehead atoms. The van der Waals surface area contributed by atoms with Crippen LogP contribution in [0.5, 0.6) is 0 Å². The third-order valence-corrected chi connectivity index (χ3v) is 2.31. The first-order valence-corrected chi connectivity index (χ1v) is 4.32. The van der Waals surface area contributed by atoms with Gasteiger partial charge in [-0.3, -0.25) is 20.2 Å². The van der Waals surface area contributed by atoms with E-state index in [0.717, 1.165) is 0 Å². The van der Waals surface area contributed by atoms with Gasteiger partial charge in [-0.25, -0.2) is 0 Å². The van der Waals surface area contributed by atoms with E-state index in [1.807, 2.05) is 0 Å². The Morgan fingerprint density at radius 3 is 2.00 bits per heavy atom. The van der Waals surface area contributed by atoms with Crippen LogP contribution in [0.15, 0.2) is 6.07 Å². The van der Waals surface area contributed by atoms with E-state index in [4.69, 9.17) is 11.6 Å². The molecular formula is C8H7ClN2O4. The molecule has 0 radical (unpaired) electrons. The molecule has 1 aromatic carbocycles. The molecule has 0 aliphatic rings. The number of nitro groups is 2. The Morgan fingerprint density at radius 1 is 1.13 bits per heavy atom. The van der Waals surface area contributed by atoms with Gasteiger partial charge in [0.2, 0.25) is 0 Å². The van der Waals surface area contributed by atoms with E-state index in [2.05, 4.69) is 0 Å². The van der Waals surface area contributed by atoms with Crippen LogP contribution in [0.25, 0.3) is 0 Å². The summed E-state index contributed by atoms with van der Waals surface area (Å²) in [6.45, 7) is 2.80. The summed E-state index contributed by atoms with van der Waals surface area (Å²) in [6.07, 6.45) is 0. The third kappa shape index (κ3) is 1.89. The summed E-state index contributed by atoms with van der Waals surface area (Å²) in [4.78, 5) is 19.9. The zero-order valence-corrected chi connectivity index (χ0v) is 8.74. The molecule has 0 aliphatic heterocycles. The first kappa shape index (κ1) is 11.4. The quantitative estimate of drug-likeness (QED) is 0.577. The van der Waals surface area contributed by atoms with Crippen molar-refractivity contribution in [1.82, 2.24) is 0 Å². The fourth-order valence-electron chi connectivity index (χ4n) is 1.42. The number of benzene rings is 1. The summed E-state index contributed by atoms with van der Waals surface area (Å²) in [7, 11) is 0. The molecule has 80 valence electrons. The van der Waals surface area contributed by atoms with Crippen LogP contribution in [0.1, 0.15) is 11.1 Å². The lowest BCUT2D eigenvalue weighted by Crippen LogP contribution is -2.00. The summed E-state index contributed by atoms with van der Waals surface area (Å²) in [6, 6.07) is 1.23. The number of rotatable bonds is 2. The number of nitro benzene ring substituents is 2. The molecule has 0 spiro atoms. The molecule has 15 heavy (non-hydrogen) atoms. The number of hydrogen-bond donors (Lipinski definition) is 0. The zero-order chi connectivity index (χ0) is 11.7. The molecule has 0 unspecified atom stereocenters. The van der Waals surface area contributed by atoms with Gasteiger partial charge < -0.3 is 0 Å². The van der Waals surface area contributed by atoms with Gasteiger partial charge in [0.1, 0.15) is 10.6 Å². The monoisotopic (exact) mass is 230 g/mol. The van der Waals surface area contributed by atoms with Crippen LogP contribution in [0.4, 0.5) is 11.4 Å². The minimum Gasteiger partial charge on any atom is -0.258 e. The van der Waals surface area contributed by atoms with Crippen molar-refractivity contribution in [3.05, 3.63) is 42.4 Å². The van der Waals surface area contributed by atoms with Gasteiger partial charge >= 0.3 is 0 Å². The molecular weight excluding hydrogens is 224 g/mol. The van der Waals surface area contributed by atoms with Crippen LogP contribution in [0, 0.1) is 34.1 Å². The topological polar surface area (TPSA) is 86.3 Å². The lowest BCUT2D eigenvalue weighted by molar-refractivity contribution is -0.395. The van der Waals surface area contributed by atoms with Gasteiger partial charge in [-0.15, -0.1) is 0 Å². The molecule has 7 heteroatoms. The van der Waals surface area contributed by atoms with Crippen LogP contribution in [-0.4, -0.2) is 9.85 Å². The Morgan fingerprint density at radius 2 is 1.60 bits per heavy atom. The SMILES string of the molecule is Cc1cc(Cl)c([N+](=O)[O-])c(C)c1[N+](=O)[O-]. The highest BCUT2D eigenvalue weighted by Gasteiger charge is 2.27. The molecule has 0 heterocycles. The van der Waals surface area contributed by atoms with Crippen LogP contribution < -0.4 is 0 Å². The Bertz CT molecular complexity index is 420. The molecule has 0 saturated carbocycles. The maximum Gasteiger partial charge on any atom is 0.297 e. The number of nitrogens with zero attached hydrogens (tertiary/aromatic N) is 2. The minimum absolute atomic E-state index is 0.0185. The van der Waals surface area contributed by atoms with Crippen molar-refractivity contribution in [1.29, 1.82) is 0 Å². The highest BCUT2D eigenvalue weighted by Crippen LogP contribution is 2.36. The van der Waals surface area contributed by atoms with Crippen molar-refractivity contribution in [2.45, 2.75) is 13.8 Å². The number of halogens is 1. The molecule has 0 amide bonds. The van der Waals surface area contributed by atoms with E-state index in [9.17, 15) is 20.2 Å². The van der Waals surface area contributed by atoms with Gasteiger partial charge in [-0.1, -0.05) is 11.6 Å². The van der Waals surface area contributed by atoms with Crippen molar-refractivity contribution >= 4 is 23.0 Å². The highest BCUT2D eigenvalue weighted by molar-refractivity contribution is 6.33. The Balaban J connectivity index is 3.64. The van der Waals surface area contributed by atoms with Gasteiger partial charge in [-0.05, 0) is 19.9 Å². The highest BCUT2D eigenvalue weighted by atomic mass is 35.5. The van der Waals surface area contributed by atoms with Crippen LogP contribution >= 0.6 is 11.6 Å². The molecule has 1 aromatic rings. The Labute approximate surface area is 89.8 Å². The molecule has 6 nitrogen and oxygen atoms in total. The largest absolute Gasteiger partial charge is 0.297 e. The van der Waals surface area contributed by atoms with Gasteiger partial charge in [-0.2, -0.15) is 0 Å². The van der Waals surface area contributed by atoms with Crippen molar-refractivity contribution in [2.24, 2.45) is 0 Å². The summed E-state index contributed by atoms with van der Waals surface area (Å²) in [5, 5.41) is 21.2. The first-order valence-electron chi connectivity index (χ1n) is 3.94. The van der Waals surface area contributed by atoms with E-state index >= 15 is 0 Å². The van der Waals surface area contributed by atoms with E-state index in [1.54, 1.807) is 0 Å². The smallest absolute Gasteiger partial charge is 0.258 e. The fraction of sp³-hybridized carbons (Fsp3) is 0.250. The first-order chi connectivity index (χ1) is 6.86. The van der Waals surface area contributed by atoms with Crippen molar-refractivity contribution in [3.63, 3.8) is 0 Å². The molecule has 0 saturated heterocycles. The maximum atomic E-state index is 10.7. The van der Waals surface area contributed by atoms with Crippen molar-refractivity contribution in [2.75, 3.05) is 0 Å². The average molecular weight is 231 g/mol. The van der Waals surface area contributed by atoms with E-state index in [0.29, 0.717) is 5.56 Å². The van der Waals surface area contributed by atoms with Crippen LogP contribution in [-0.2, 0) is 0 Å². The second-order valence-electron chi connectivity index (χ2n) is 3.01. The standard InChI is InChI=1S/C8H7ClN2O4/c1-4-3-6(9)8(11(14)15)5(2)7(4)10(12)13/h3H,1-2H3. The predicted octanol–water partition coefficient (Wildman–Crippen LogP) is 2.77. The fourth-order valence-corrected chi connectivity index (χ4v) is 1.79. The molecule has 1 rings (SSSR count). The Hall–Kier alpha value is -1.69. The lowest BCUT2D eigenvalue weighted by atomic mass is 10.1. The predicted molar refractivity (Wildman–Crippen MR) is 54.2 cm³/mol. The van der Waals surface area contributed by atoms with Crippen molar-refractivity contribution < 1.29 is 9.85 Å². The van der Waals surface area contributed by atoms with E-state index in [1.165, 1.54) is 19.9 Å². The van der Waals surface area contributed by atoms with Crippen LogP contribution in [0.2, 0.25) is 5.02 Å². The number of aryl methyl sites for hydroxylation is 1. The van der Waals surface area contributed by atoms with Gasteiger partial charge in [0.15, 0.2) is 0 Å². The minimum atomic E-state index is -0.718. The second-order valence-corrected chi connectivity index (χ2v) is 3.42. The molecule has 0 N–H and O–H groups in total. The molecule has 0 atom stereocenters. The zero-order valence-electron chi connectivity index (χ0n) is 7.98. The van der Waals surface area contributed by atoms with Gasteiger partial charge in [0.05, 0.1) is 9.85 Å².